The molecule has 1 fully saturated rings. The molecule has 0 unspecified atom stereocenters. The Morgan fingerprint density at radius 1 is 0.848 bits per heavy atom. The molecule has 0 bridgehead atoms. The van der Waals surface area contributed by atoms with Gasteiger partial charge in [-0.25, -0.2) is 0 Å². The van der Waals surface area contributed by atoms with Gasteiger partial charge in [-0.05, 0) is 87.1 Å². The van der Waals surface area contributed by atoms with Crippen LogP contribution in [0.4, 0.5) is 5.69 Å². The molecule has 5 rings (SSSR count). The van der Waals surface area contributed by atoms with Crippen LogP contribution in [-0.4, -0.2) is 14.7 Å². The maximum absolute atomic E-state index is 6.19. The summed E-state index contributed by atoms with van der Waals surface area (Å²) in [5, 5.41) is 4.94. The summed E-state index contributed by atoms with van der Waals surface area (Å²) < 4.78 is 2.33. The lowest BCUT2D eigenvalue weighted by Crippen LogP contribution is -2.29. The van der Waals surface area contributed by atoms with Crippen molar-refractivity contribution >= 4 is 34.6 Å². The van der Waals surface area contributed by atoms with Crippen molar-refractivity contribution in [2.24, 2.45) is 0 Å². The fraction of sp³-hybridized carbons (Fsp3) is 0.185. The van der Waals surface area contributed by atoms with E-state index in [9.17, 15) is 0 Å². The highest BCUT2D eigenvalue weighted by Crippen LogP contribution is 2.45. The lowest BCUT2D eigenvalue weighted by Gasteiger charge is -2.29. The number of anilines is 1. The van der Waals surface area contributed by atoms with Crippen LogP contribution in [0.1, 0.15) is 40.3 Å². The van der Waals surface area contributed by atoms with Crippen LogP contribution in [0, 0.1) is 20.8 Å². The van der Waals surface area contributed by atoms with Crippen molar-refractivity contribution in [3.63, 3.8) is 0 Å². The quantitative estimate of drug-likeness (QED) is 0.338. The smallest absolute Gasteiger partial charge is 0.174 e. The van der Waals surface area contributed by atoms with E-state index in [0.717, 1.165) is 17.1 Å². The maximum atomic E-state index is 6.19. The molecule has 2 atom stereocenters. The van der Waals surface area contributed by atoms with Gasteiger partial charge < -0.3 is 14.8 Å². The van der Waals surface area contributed by atoms with Crippen LogP contribution in [0.3, 0.4) is 0 Å². The Bertz CT molecular complexity index is 1300. The van der Waals surface area contributed by atoms with Crippen molar-refractivity contribution in [1.29, 1.82) is 0 Å². The SMILES string of the molecule is Cc1c([C@@H]2[C@H](c3ccccn3)NC(=S)N2c2ccc(Cl)cc2)c(C)n(-c2ccccc2)c1C. The molecule has 0 amide bonds. The highest BCUT2D eigenvalue weighted by Gasteiger charge is 2.43. The average molecular weight is 473 g/mol. The van der Waals surface area contributed by atoms with Crippen LogP contribution >= 0.6 is 23.8 Å². The third-order valence-corrected chi connectivity index (χ3v) is 7.09. The normalized spacial score (nSPS) is 17.9. The van der Waals surface area contributed by atoms with E-state index in [2.05, 4.69) is 70.9 Å². The van der Waals surface area contributed by atoms with Gasteiger partial charge in [0, 0.05) is 39.5 Å². The molecule has 0 saturated carbocycles. The van der Waals surface area contributed by atoms with Crippen LogP contribution in [0.2, 0.25) is 5.02 Å². The van der Waals surface area contributed by atoms with Crippen LogP contribution in [0.25, 0.3) is 5.69 Å². The molecule has 6 heteroatoms. The first-order chi connectivity index (χ1) is 16.0. The van der Waals surface area contributed by atoms with E-state index >= 15 is 0 Å². The van der Waals surface area contributed by atoms with Crippen LogP contribution in [0.15, 0.2) is 79.0 Å². The first-order valence-electron chi connectivity index (χ1n) is 11.0. The van der Waals surface area contributed by atoms with E-state index in [-0.39, 0.29) is 12.1 Å². The number of nitrogens with one attached hydrogen (secondary N) is 1. The predicted octanol–water partition coefficient (Wildman–Crippen LogP) is 6.63. The second-order valence-electron chi connectivity index (χ2n) is 8.35. The molecule has 1 N–H and O–H groups in total. The van der Waals surface area contributed by atoms with E-state index in [0.29, 0.717) is 10.1 Å². The van der Waals surface area contributed by atoms with Crippen molar-refractivity contribution in [1.82, 2.24) is 14.9 Å². The summed E-state index contributed by atoms with van der Waals surface area (Å²) in [5.74, 6) is 0. The Morgan fingerprint density at radius 3 is 2.21 bits per heavy atom. The molecule has 33 heavy (non-hydrogen) atoms. The van der Waals surface area contributed by atoms with Gasteiger partial charge in [0.05, 0.1) is 17.8 Å². The Balaban J connectivity index is 1.72. The van der Waals surface area contributed by atoms with Crippen LogP contribution < -0.4 is 10.2 Å². The van der Waals surface area contributed by atoms with Gasteiger partial charge in [-0.15, -0.1) is 0 Å². The third-order valence-electron chi connectivity index (χ3n) is 6.52. The predicted molar refractivity (Wildman–Crippen MR) is 139 cm³/mol. The largest absolute Gasteiger partial charge is 0.351 e. The molecule has 1 aliphatic heterocycles. The number of thiocarbonyl (C=S) groups is 1. The fourth-order valence-electron chi connectivity index (χ4n) is 4.93. The summed E-state index contributed by atoms with van der Waals surface area (Å²) in [5.41, 5.74) is 8.06. The molecule has 0 aliphatic carbocycles. The summed E-state index contributed by atoms with van der Waals surface area (Å²) in [6.45, 7) is 6.58. The summed E-state index contributed by atoms with van der Waals surface area (Å²) in [7, 11) is 0. The molecular weight excluding hydrogens is 448 g/mol. The number of para-hydroxylation sites is 1. The standard InChI is InChI=1S/C27H25ClN4S/c1-17-18(2)31(21-9-5-4-6-10-21)19(3)24(17)26-25(23-11-7-8-16-29-23)30-27(33)32(26)22-14-12-20(28)13-15-22/h4-16,25-26H,1-3H3,(H,30,33)/t25-,26+/m0/s1. The zero-order chi connectivity index (χ0) is 23.1. The van der Waals surface area contributed by atoms with E-state index in [1.54, 1.807) is 0 Å². The topological polar surface area (TPSA) is 33.1 Å². The number of benzene rings is 2. The lowest BCUT2D eigenvalue weighted by atomic mass is 9.93. The number of halogens is 1. The number of pyridine rings is 1. The Labute approximate surface area is 204 Å². The molecule has 166 valence electrons. The minimum atomic E-state index is -0.0854. The van der Waals surface area contributed by atoms with E-state index in [4.69, 9.17) is 23.8 Å². The molecule has 0 radical (unpaired) electrons. The first-order valence-corrected chi connectivity index (χ1v) is 11.8. The molecule has 4 aromatic rings. The van der Waals surface area contributed by atoms with Crippen LogP contribution in [0.5, 0.6) is 0 Å². The van der Waals surface area contributed by atoms with E-state index in [1.165, 1.54) is 22.5 Å². The molecule has 2 aromatic heterocycles. The molecule has 2 aromatic carbocycles. The van der Waals surface area contributed by atoms with Crippen molar-refractivity contribution in [2.75, 3.05) is 4.90 Å². The maximum Gasteiger partial charge on any atom is 0.174 e. The molecule has 1 saturated heterocycles. The van der Waals surface area contributed by atoms with Gasteiger partial charge in [-0.3, -0.25) is 4.98 Å². The van der Waals surface area contributed by atoms with Crippen molar-refractivity contribution in [3.8, 4) is 5.69 Å². The summed E-state index contributed by atoms with van der Waals surface area (Å²) in [6.07, 6.45) is 1.84. The fourth-order valence-corrected chi connectivity index (χ4v) is 5.41. The van der Waals surface area contributed by atoms with E-state index < -0.39 is 0 Å². The van der Waals surface area contributed by atoms with Gasteiger partial charge >= 0.3 is 0 Å². The summed E-state index contributed by atoms with van der Waals surface area (Å²) in [4.78, 5) is 6.89. The molecule has 3 heterocycles. The zero-order valence-corrected chi connectivity index (χ0v) is 20.4. The first kappa shape index (κ1) is 21.7. The van der Waals surface area contributed by atoms with Crippen molar-refractivity contribution in [2.45, 2.75) is 32.9 Å². The second-order valence-corrected chi connectivity index (χ2v) is 9.18. The van der Waals surface area contributed by atoms with Gasteiger partial charge in [0.1, 0.15) is 0 Å². The molecule has 4 nitrogen and oxygen atoms in total. The Kier molecular flexibility index (Phi) is 5.69. The number of hydrogen-bond donors (Lipinski definition) is 1. The molecule has 1 aliphatic rings. The number of aromatic nitrogens is 2. The average Bonchev–Trinajstić information content (AvgIpc) is 3.28. The highest BCUT2D eigenvalue weighted by molar-refractivity contribution is 7.80. The van der Waals surface area contributed by atoms with Crippen molar-refractivity contribution in [3.05, 3.63) is 112 Å². The van der Waals surface area contributed by atoms with Gasteiger partial charge in [-0.1, -0.05) is 35.9 Å². The summed E-state index contributed by atoms with van der Waals surface area (Å²) >= 11 is 12.1. The number of nitrogens with zero attached hydrogens (tertiary/aromatic N) is 3. The Hall–Kier alpha value is -3.15. The van der Waals surface area contributed by atoms with Gasteiger partial charge in [-0.2, -0.15) is 0 Å². The van der Waals surface area contributed by atoms with Crippen LogP contribution in [-0.2, 0) is 0 Å². The monoisotopic (exact) mass is 472 g/mol. The highest BCUT2D eigenvalue weighted by atomic mass is 35.5. The van der Waals surface area contributed by atoms with Gasteiger partial charge in [0.25, 0.3) is 0 Å². The van der Waals surface area contributed by atoms with Gasteiger partial charge in [0.15, 0.2) is 5.11 Å². The molecular formula is C27H25ClN4S. The second kappa shape index (κ2) is 8.65. The third kappa shape index (κ3) is 3.71. The van der Waals surface area contributed by atoms with Gasteiger partial charge in [0.2, 0.25) is 0 Å². The Morgan fingerprint density at radius 2 is 1.55 bits per heavy atom. The van der Waals surface area contributed by atoms with Crippen molar-refractivity contribution < 1.29 is 0 Å². The van der Waals surface area contributed by atoms with E-state index in [1.807, 2.05) is 48.7 Å². The molecule has 0 spiro atoms. The number of rotatable bonds is 4. The zero-order valence-electron chi connectivity index (χ0n) is 18.8. The minimum absolute atomic E-state index is 0.0581. The minimum Gasteiger partial charge on any atom is -0.351 e. The lowest BCUT2D eigenvalue weighted by molar-refractivity contribution is 0.563. The number of hydrogen-bond acceptors (Lipinski definition) is 2. The summed E-state index contributed by atoms with van der Waals surface area (Å²) in [6, 6.07) is 24.2.